The van der Waals surface area contributed by atoms with Gasteiger partial charge in [-0.25, -0.2) is 4.79 Å². The average Bonchev–Trinajstić information content (AvgIpc) is 3.06. The zero-order valence-corrected chi connectivity index (χ0v) is 29.8. The summed E-state index contributed by atoms with van der Waals surface area (Å²) in [6.45, 7) is 16.8. The Labute approximate surface area is 287 Å². The Morgan fingerprint density at radius 3 is 1.08 bits per heavy atom. The van der Waals surface area contributed by atoms with E-state index in [-0.39, 0.29) is 18.9 Å². The second kappa shape index (κ2) is 34.4. The molecule has 0 saturated carbocycles. The third kappa shape index (κ3) is 34.8. The van der Waals surface area contributed by atoms with Crippen LogP contribution in [0.2, 0.25) is 0 Å². The van der Waals surface area contributed by atoms with E-state index in [2.05, 4.69) is 0 Å². The van der Waals surface area contributed by atoms with Gasteiger partial charge in [0.2, 0.25) is 0 Å². The standard InChI is InChI=1S/C33H64O15/c1-33(2,3)48-31(34)30-45-27-26-43-23-22-41-19-18-39-15-14-37-11-10-35-8-9-36-12-13-38-16-17-40-20-21-42-24-25-44-28-29-47-32-6-4-5-7-46-32/h32H,4-30H2,1-3H3. The van der Waals surface area contributed by atoms with Crippen molar-refractivity contribution in [1.82, 2.24) is 0 Å². The lowest BCUT2D eigenvalue weighted by Crippen LogP contribution is -2.27. The van der Waals surface area contributed by atoms with Crippen LogP contribution in [0.15, 0.2) is 0 Å². The monoisotopic (exact) mass is 700 g/mol. The minimum Gasteiger partial charge on any atom is -0.458 e. The maximum Gasteiger partial charge on any atom is 0.332 e. The van der Waals surface area contributed by atoms with Gasteiger partial charge in [-0.15, -0.1) is 0 Å². The van der Waals surface area contributed by atoms with Crippen LogP contribution in [0.25, 0.3) is 0 Å². The fourth-order valence-corrected chi connectivity index (χ4v) is 3.81. The SMILES string of the molecule is CC(C)(C)OC(=O)COCCOCCOCCOCCOCCOCCOCCOCCOCCOCCOCCOC1CCCCO1. The van der Waals surface area contributed by atoms with E-state index in [0.29, 0.717) is 145 Å². The molecule has 1 unspecified atom stereocenters. The van der Waals surface area contributed by atoms with E-state index < -0.39 is 5.60 Å². The summed E-state index contributed by atoms with van der Waals surface area (Å²) in [7, 11) is 0. The Hall–Kier alpha value is -1.05. The summed E-state index contributed by atoms with van der Waals surface area (Å²) >= 11 is 0. The lowest BCUT2D eigenvalue weighted by molar-refractivity contribution is -0.169. The topological polar surface area (TPSA) is 146 Å². The summed E-state index contributed by atoms with van der Waals surface area (Å²) in [6.07, 6.45) is 3.18. The number of esters is 1. The van der Waals surface area contributed by atoms with E-state index >= 15 is 0 Å². The summed E-state index contributed by atoms with van der Waals surface area (Å²) < 4.78 is 76.1. The lowest BCUT2D eigenvalue weighted by atomic mass is 10.2. The van der Waals surface area contributed by atoms with E-state index in [0.717, 1.165) is 25.9 Å². The van der Waals surface area contributed by atoms with Crippen LogP contribution in [0.5, 0.6) is 0 Å². The van der Waals surface area contributed by atoms with Crippen molar-refractivity contribution >= 4 is 5.97 Å². The summed E-state index contributed by atoms with van der Waals surface area (Å²) in [5.41, 5.74) is -0.511. The predicted molar refractivity (Wildman–Crippen MR) is 174 cm³/mol. The molecule has 0 spiro atoms. The number of hydrogen-bond donors (Lipinski definition) is 0. The molecule has 0 aromatic rings. The Kier molecular flexibility index (Phi) is 32.2. The fourth-order valence-electron chi connectivity index (χ4n) is 3.81. The van der Waals surface area contributed by atoms with Crippen molar-refractivity contribution in [2.75, 3.05) is 159 Å². The van der Waals surface area contributed by atoms with Crippen LogP contribution in [-0.4, -0.2) is 176 Å². The normalized spacial score (nSPS) is 15.3. The van der Waals surface area contributed by atoms with Crippen LogP contribution in [-0.2, 0) is 71.1 Å². The molecule has 0 radical (unpaired) electrons. The molecule has 0 aromatic heterocycles. The second-order valence-electron chi connectivity index (χ2n) is 11.4. The maximum atomic E-state index is 11.5. The molecule has 0 N–H and O–H groups in total. The van der Waals surface area contributed by atoms with Crippen LogP contribution in [0.1, 0.15) is 40.0 Å². The molecule has 286 valence electrons. The highest BCUT2D eigenvalue weighted by atomic mass is 16.7. The molecule has 0 bridgehead atoms. The van der Waals surface area contributed by atoms with E-state index in [4.69, 9.17) is 66.3 Å². The zero-order chi connectivity index (χ0) is 34.6. The first-order valence-electron chi connectivity index (χ1n) is 17.3. The first kappa shape index (κ1) is 45.0. The lowest BCUT2D eigenvalue weighted by Gasteiger charge is -2.22. The molecule has 1 heterocycles. The number of carbonyl (C=O) groups excluding carboxylic acids is 1. The van der Waals surface area contributed by atoms with Crippen molar-refractivity contribution in [2.45, 2.75) is 51.9 Å². The molecule has 0 aromatic carbocycles. The molecular formula is C33H64O15. The third-order valence-electron chi connectivity index (χ3n) is 6.03. The highest BCUT2D eigenvalue weighted by Gasteiger charge is 2.16. The van der Waals surface area contributed by atoms with Gasteiger partial charge in [-0.1, -0.05) is 0 Å². The summed E-state index contributed by atoms with van der Waals surface area (Å²) in [6, 6.07) is 0. The minimum atomic E-state index is -0.511. The van der Waals surface area contributed by atoms with Gasteiger partial charge in [-0.2, -0.15) is 0 Å². The van der Waals surface area contributed by atoms with Crippen LogP contribution < -0.4 is 0 Å². The maximum absolute atomic E-state index is 11.5. The van der Waals surface area contributed by atoms with E-state index in [1.165, 1.54) is 0 Å². The van der Waals surface area contributed by atoms with Gasteiger partial charge in [-0.05, 0) is 40.0 Å². The van der Waals surface area contributed by atoms with Crippen molar-refractivity contribution in [3.8, 4) is 0 Å². The van der Waals surface area contributed by atoms with E-state index in [9.17, 15) is 4.79 Å². The molecule has 1 saturated heterocycles. The molecule has 1 aliphatic rings. The molecule has 48 heavy (non-hydrogen) atoms. The summed E-state index contributed by atoms with van der Waals surface area (Å²) in [5.74, 6) is -0.387. The van der Waals surface area contributed by atoms with Crippen LogP contribution in [0.3, 0.4) is 0 Å². The highest BCUT2D eigenvalue weighted by molar-refractivity contribution is 5.71. The molecule has 0 aliphatic carbocycles. The number of rotatable bonds is 36. The first-order valence-corrected chi connectivity index (χ1v) is 17.3. The smallest absolute Gasteiger partial charge is 0.332 e. The number of hydrogen-bond acceptors (Lipinski definition) is 15. The van der Waals surface area contributed by atoms with E-state index in [1.807, 2.05) is 20.8 Å². The van der Waals surface area contributed by atoms with Crippen molar-refractivity contribution in [3.63, 3.8) is 0 Å². The van der Waals surface area contributed by atoms with Gasteiger partial charge in [0.25, 0.3) is 0 Å². The van der Waals surface area contributed by atoms with Crippen molar-refractivity contribution in [2.24, 2.45) is 0 Å². The zero-order valence-electron chi connectivity index (χ0n) is 29.8. The molecule has 0 amide bonds. The number of ether oxygens (including phenoxy) is 14. The summed E-state index contributed by atoms with van der Waals surface area (Å²) in [5, 5.41) is 0. The average molecular weight is 701 g/mol. The molecule has 1 fully saturated rings. The second-order valence-corrected chi connectivity index (χ2v) is 11.4. The molecule has 1 rings (SSSR count). The molecule has 15 heteroatoms. The van der Waals surface area contributed by atoms with Gasteiger partial charge in [0.15, 0.2) is 6.29 Å². The van der Waals surface area contributed by atoms with Crippen molar-refractivity contribution in [3.05, 3.63) is 0 Å². The Balaban J connectivity index is 1.62. The van der Waals surface area contributed by atoms with Gasteiger partial charge in [0, 0.05) is 6.61 Å². The quantitative estimate of drug-likeness (QED) is 0.0694. The highest BCUT2D eigenvalue weighted by Crippen LogP contribution is 2.13. The Bertz CT molecular complexity index is 674. The van der Waals surface area contributed by atoms with Gasteiger partial charge in [0.05, 0.1) is 145 Å². The van der Waals surface area contributed by atoms with Crippen LogP contribution >= 0.6 is 0 Å². The van der Waals surface area contributed by atoms with Crippen LogP contribution in [0, 0.1) is 0 Å². The third-order valence-corrected chi connectivity index (χ3v) is 6.03. The van der Waals surface area contributed by atoms with Gasteiger partial charge in [0.1, 0.15) is 12.2 Å². The minimum absolute atomic E-state index is 0.0698. The molecular weight excluding hydrogens is 636 g/mol. The predicted octanol–water partition coefficient (Wildman–Crippen LogP) is 2.05. The van der Waals surface area contributed by atoms with Gasteiger partial charge in [-0.3, -0.25) is 0 Å². The fraction of sp³-hybridized carbons (Fsp3) is 0.970. The summed E-state index contributed by atoms with van der Waals surface area (Å²) in [4.78, 5) is 11.5. The van der Waals surface area contributed by atoms with Gasteiger partial charge >= 0.3 is 5.97 Å². The molecule has 1 aliphatic heterocycles. The van der Waals surface area contributed by atoms with E-state index in [1.54, 1.807) is 0 Å². The first-order chi connectivity index (χ1) is 23.5. The Morgan fingerprint density at radius 2 is 0.792 bits per heavy atom. The molecule has 15 nitrogen and oxygen atoms in total. The number of carbonyl (C=O) groups is 1. The molecule has 1 atom stereocenters. The van der Waals surface area contributed by atoms with Crippen LogP contribution in [0.4, 0.5) is 0 Å². The van der Waals surface area contributed by atoms with Crippen molar-refractivity contribution in [1.29, 1.82) is 0 Å². The largest absolute Gasteiger partial charge is 0.458 e. The Morgan fingerprint density at radius 1 is 0.479 bits per heavy atom. The van der Waals surface area contributed by atoms with Gasteiger partial charge < -0.3 is 66.3 Å². The van der Waals surface area contributed by atoms with Crippen molar-refractivity contribution < 1.29 is 71.1 Å².